The molecule has 0 saturated carbocycles. The molecule has 0 aromatic heterocycles. The predicted octanol–water partition coefficient (Wildman–Crippen LogP) is 0.965. The van der Waals surface area contributed by atoms with Gasteiger partial charge in [-0.05, 0) is 6.42 Å². The number of nitrogens with one attached hydrogen (secondary N) is 1. The number of aliphatic imine (C=N–C) groups is 1. The van der Waals surface area contributed by atoms with E-state index in [0.29, 0.717) is 5.37 Å². The van der Waals surface area contributed by atoms with Crippen LogP contribution in [-0.4, -0.2) is 17.5 Å². The third-order valence-corrected chi connectivity index (χ3v) is 2.40. The Bertz CT molecular complexity index is 174. The van der Waals surface area contributed by atoms with Crippen molar-refractivity contribution in [2.24, 2.45) is 4.99 Å². The topological polar surface area (TPSA) is 24.4 Å². The summed E-state index contributed by atoms with van der Waals surface area (Å²) in [6.07, 6.45) is 3.33. The van der Waals surface area contributed by atoms with E-state index in [9.17, 15) is 0 Å². The molecule has 9 heavy (non-hydrogen) atoms. The van der Waals surface area contributed by atoms with Crippen molar-refractivity contribution in [3.05, 3.63) is 11.8 Å². The van der Waals surface area contributed by atoms with E-state index >= 15 is 0 Å². The number of rotatable bonds is 0. The van der Waals surface area contributed by atoms with Crippen LogP contribution in [0.1, 0.15) is 6.42 Å². The van der Waals surface area contributed by atoms with Crippen LogP contribution in [0, 0.1) is 0 Å². The highest BCUT2D eigenvalue weighted by Crippen LogP contribution is 2.25. The van der Waals surface area contributed by atoms with E-state index in [1.165, 1.54) is 5.70 Å². The minimum absolute atomic E-state index is 0.471. The Morgan fingerprint density at radius 1 is 1.78 bits per heavy atom. The lowest BCUT2D eigenvalue weighted by Gasteiger charge is -2.15. The van der Waals surface area contributed by atoms with Gasteiger partial charge in [0.25, 0.3) is 0 Å². The zero-order valence-corrected chi connectivity index (χ0v) is 5.82. The van der Waals surface area contributed by atoms with Gasteiger partial charge in [-0.3, -0.25) is 10.3 Å². The summed E-state index contributed by atoms with van der Waals surface area (Å²) < 4.78 is 0. The van der Waals surface area contributed by atoms with E-state index in [0.717, 1.165) is 13.0 Å². The molecule has 2 aliphatic heterocycles. The third-order valence-electron chi connectivity index (χ3n) is 1.49. The van der Waals surface area contributed by atoms with Crippen molar-refractivity contribution in [3.8, 4) is 0 Å². The summed E-state index contributed by atoms with van der Waals surface area (Å²) in [6.45, 7) is 1.10. The average molecular weight is 140 g/mol. The molecule has 0 amide bonds. The van der Waals surface area contributed by atoms with Crippen molar-refractivity contribution < 1.29 is 0 Å². The molecule has 0 bridgehead atoms. The van der Waals surface area contributed by atoms with Crippen molar-refractivity contribution in [2.45, 2.75) is 11.8 Å². The van der Waals surface area contributed by atoms with Gasteiger partial charge < -0.3 is 0 Å². The van der Waals surface area contributed by atoms with E-state index in [2.05, 4.69) is 16.4 Å². The van der Waals surface area contributed by atoms with E-state index < -0.39 is 0 Å². The molecule has 1 atom stereocenters. The molecule has 2 rings (SSSR count). The van der Waals surface area contributed by atoms with E-state index in [-0.39, 0.29) is 0 Å². The summed E-state index contributed by atoms with van der Waals surface area (Å²) in [5.41, 5.74) is 3.13. The van der Waals surface area contributed by atoms with Gasteiger partial charge in [0.2, 0.25) is 0 Å². The first-order valence-electron chi connectivity index (χ1n) is 3.08. The molecule has 2 heterocycles. The maximum Gasteiger partial charge on any atom is 0.101 e. The molecule has 1 N–H and O–H groups in total. The minimum atomic E-state index is 0.471. The molecule has 48 valence electrons. The SMILES string of the molecule is C1=NC2=CCCNC2S1. The smallest absolute Gasteiger partial charge is 0.101 e. The molecule has 0 aromatic rings. The largest absolute Gasteiger partial charge is 0.300 e. The molecular formula is C6H8N2S. The lowest BCUT2D eigenvalue weighted by atomic mass is 10.2. The Morgan fingerprint density at radius 3 is 3.67 bits per heavy atom. The van der Waals surface area contributed by atoms with Crippen molar-refractivity contribution in [2.75, 3.05) is 6.54 Å². The number of fused-ring (bicyclic) bond motifs is 1. The Kier molecular flexibility index (Phi) is 1.32. The zero-order valence-electron chi connectivity index (χ0n) is 5.00. The molecule has 2 nitrogen and oxygen atoms in total. The molecular weight excluding hydrogens is 132 g/mol. The minimum Gasteiger partial charge on any atom is -0.300 e. The van der Waals surface area contributed by atoms with Crippen LogP contribution in [0.25, 0.3) is 0 Å². The molecule has 0 spiro atoms. The van der Waals surface area contributed by atoms with Crippen molar-refractivity contribution in [3.63, 3.8) is 0 Å². The van der Waals surface area contributed by atoms with Gasteiger partial charge in [0.15, 0.2) is 0 Å². The van der Waals surface area contributed by atoms with Crippen molar-refractivity contribution in [1.29, 1.82) is 0 Å². The second-order valence-electron chi connectivity index (χ2n) is 2.12. The van der Waals surface area contributed by atoms with Crippen LogP contribution in [-0.2, 0) is 0 Å². The summed E-state index contributed by atoms with van der Waals surface area (Å²) >= 11 is 1.76. The number of thioether (sulfide) groups is 1. The molecule has 0 fully saturated rings. The maximum atomic E-state index is 4.19. The maximum absolute atomic E-state index is 4.19. The van der Waals surface area contributed by atoms with Crippen molar-refractivity contribution in [1.82, 2.24) is 5.32 Å². The van der Waals surface area contributed by atoms with Gasteiger partial charge in [0.1, 0.15) is 5.37 Å². The van der Waals surface area contributed by atoms with Gasteiger partial charge >= 0.3 is 0 Å². The Labute approximate surface area is 58.4 Å². The first-order chi connectivity index (χ1) is 4.47. The highest BCUT2D eigenvalue weighted by Gasteiger charge is 2.19. The molecule has 0 radical (unpaired) electrons. The van der Waals surface area contributed by atoms with Crippen LogP contribution >= 0.6 is 11.8 Å². The third kappa shape index (κ3) is 0.904. The van der Waals surface area contributed by atoms with Crippen LogP contribution in [0.3, 0.4) is 0 Å². The molecule has 0 aliphatic carbocycles. The molecule has 0 saturated heterocycles. The molecule has 1 unspecified atom stereocenters. The van der Waals surface area contributed by atoms with E-state index in [1.54, 1.807) is 11.8 Å². The van der Waals surface area contributed by atoms with Crippen LogP contribution in [0.2, 0.25) is 0 Å². The molecule has 2 aliphatic rings. The fraction of sp³-hybridized carbons (Fsp3) is 0.500. The Balaban J connectivity index is 2.23. The quantitative estimate of drug-likeness (QED) is 0.542. The van der Waals surface area contributed by atoms with E-state index in [4.69, 9.17) is 0 Å². The molecule has 0 aromatic carbocycles. The average Bonchev–Trinajstić information content (AvgIpc) is 2.33. The lowest BCUT2D eigenvalue weighted by Crippen LogP contribution is -2.29. The fourth-order valence-electron chi connectivity index (χ4n) is 1.04. The number of hydrogen-bond donors (Lipinski definition) is 1. The summed E-state index contributed by atoms with van der Waals surface area (Å²) in [4.78, 5) is 4.19. The highest BCUT2D eigenvalue weighted by molar-refractivity contribution is 8.13. The van der Waals surface area contributed by atoms with Crippen LogP contribution in [0.5, 0.6) is 0 Å². The lowest BCUT2D eigenvalue weighted by molar-refractivity contribution is 0.670. The number of hydrogen-bond acceptors (Lipinski definition) is 3. The first kappa shape index (κ1) is 5.50. The second-order valence-corrected chi connectivity index (χ2v) is 3.08. The fourth-order valence-corrected chi connectivity index (χ4v) is 1.85. The summed E-state index contributed by atoms with van der Waals surface area (Å²) in [6, 6.07) is 0. The second kappa shape index (κ2) is 2.15. The van der Waals surface area contributed by atoms with Crippen LogP contribution < -0.4 is 5.32 Å². The first-order valence-corrected chi connectivity index (χ1v) is 4.02. The van der Waals surface area contributed by atoms with Gasteiger partial charge in [-0.15, -0.1) is 0 Å². The van der Waals surface area contributed by atoms with E-state index in [1.807, 2.05) is 5.55 Å². The summed E-state index contributed by atoms with van der Waals surface area (Å²) in [5.74, 6) is 0. The Morgan fingerprint density at radius 2 is 2.78 bits per heavy atom. The monoisotopic (exact) mass is 140 g/mol. The van der Waals surface area contributed by atoms with Crippen LogP contribution in [0.15, 0.2) is 16.8 Å². The predicted molar refractivity (Wildman–Crippen MR) is 40.6 cm³/mol. The summed E-state index contributed by atoms with van der Waals surface area (Å²) in [7, 11) is 0. The highest BCUT2D eigenvalue weighted by atomic mass is 32.2. The van der Waals surface area contributed by atoms with Gasteiger partial charge in [-0.1, -0.05) is 17.8 Å². The van der Waals surface area contributed by atoms with Gasteiger partial charge in [-0.2, -0.15) is 0 Å². The molecule has 3 heteroatoms. The standard InChI is InChI=1S/C6H8N2S/c1-2-5-6(7-3-1)9-4-8-5/h2,4,6-7H,1,3H2. The van der Waals surface area contributed by atoms with Crippen LogP contribution in [0.4, 0.5) is 0 Å². The zero-order chi connectivity index (χ0) is 6.10. The Hall–Kier alpha value is -0.280. The van der Waals surface area contributed by atoms with Gasteiger partial charge in [0.05, 0.1) is 11.2 Å². The summed E-state index contributed by atoms with van der Waals surface area (Å²) in [5, 5.41) is 3.82. The van der Waals surface area contributed by atoms with Gasteiger partial charge in [0, 0.05) is 6.54 Å². The normalized spacial score (nSPS) is 32.0. The number of nitrogens with zero attached hydrogens (tertiary/aromatic N) is 1. The van der Waals surface area contributed by atoms with Crippen molar-refractivity contribution >= 4 is 17.3 Å². The van der Waals surface area contributed by atoms with Gasteiger partial charge in [-0.25, -0.2) is 0 Å².